The van der Waals surface area contributed by atoms with Gasteiger partial charge in [-0.15, -0.1) is 24.5 Å². The van der Waals surface area contributed by atoms with E-state index in [0.29, 0.717) is 6.07 Å². The molecule has 1 aromatic heterocycles. The molecule has 0 radical (unpaired) electrons. The second kappa shape index (κ2) is 8.54. The van der Waals surface area contributed by atoms with Crippen molar-refractivity contribution in [1.82, 2.24) is 0 Å². The van der Waals surface area contributed by atoms with Crippen LogP contribution in [-0.2, 0) is 0 Å². The summed E-state index contributed by atoms with van der Waals surface area (Å²) in [5.74, 6) is -10.5. The van der Waals surface area contributed by atoms with E-state index >= 15 is 0 Å². The molecule has 0 fully saturated rings. The van der Waals surface area contributed by atoms with Crippen molar-refractivity contribution in [1.29, 1.82) is 0 Å². The van der Waals surface area contributed by atoms with Gasteiger partial charge < -0.3 is 15.2 Å². The number of aliphatic hydroxyl groups excluding tert-OH is 1. The van der Waals surface area contributed by atoms with Crippen LogP contribution in [0.15, 0.2) is 42.3 Å². The first-order valence-electron chi connectivity index (χ1n) is 8.40. The molecule has 2 aromatic carbocycles. The van der Waals surface area contributed by atoms with Crippen molar-refractivity contribution in [2.75, 3.05) is 5.32 Å². The molecule has 0 saturated carbocycles. The molecule has 0 atom stereocenters. The number of amides is 1. The Morgan fingerprint density at radius 1 is 1.03 bits per heavy atom. The zero-order chi connectivity index (χ0) is 23.8. The molecular formula is C20H10F7NO3S. The number of carbonyl (C=O) groups excluding carboxylic acids is 1. The molecule has 3 rings (SSSR count). The molecule has 2 N–H and O–H groups in total. The third-order valence-electron chi connectivity index (χ3n) is 4.03. The second-order valence-electron chi connectivity index (χ2n) is 6.15. The fraction of sp³-hybridized carbons (Fsp3) is 0.0500. The van der Waals surface area contributed by atoms with Crippen molar-refractivity contribution in [3.05, 3.63) is 76.0 Å². The maximum absolute atomic E-state index is 14.6. The Labute approximate surface area is 179 Å². The van der Waals surface area contributed by atoms with Crippen LogP contribution in [0.25, 0.3) is 16.9 Å². The number of halogens is 7. The molecule has 1 heterocycles. The van der Waals surface area contributed by atoms with Gasteiger partial charge >= 0.3 is 6.36 Å². The fourth-order valence-corrected chi connectivity index (χ4v) is 3.50. The van der Waals surface area contributed by atoms with E-state index in [4.69, 9.17) is 0 Å². The molecule has 0 aliphatic heterocycles. The van der Waals surface area contributed by atoms with Crippen LogP contribution in [0.4, 0.5) is 36.4 Å². The number of nitrogens with one attached hydrogen (secondary N) is 1. The van der Waals surface area contributed by atoms with Crippen molar-refractivity contribution >= 4 is 28.7 Å². The standard InChI is InChI=1S/C20H10F7NO3S/c1-8(29)18-11(5-6-32-18)19(30)28-17-15(23)13(21)12(14(22)16(17)24)9-3-2-4-10(7-9)31-20(25,26)27/h2-7,29H,1H2,(H,28,30). The van der Waals surface area contributed by atoms with Gasteiger partial charge in [-0.25, -0.2) is 17.6 Å². The smallest absolute Gasteiger partial charge is 0.507 e. The van der Waals surface area contributed by atoms with Gasteiger partial charge in [-0.2, -0.15) is 0 Å². The minimum atomic E-state index is -5.11. The Morgan fingerprint density at radius 3 is 2.22 bits per heavy atom. The van der Waals surface area contributed by atoms with E-state index in [9.17, 15) is 40.6 Å². The number of ether oxygens (including phenoxy) is 1. The molecule has 1 amide bonds. The average Bonchev–Trinajstić information content (AvgIpc) is 3.19. The molecule has 0 aliphatic carbocycles. The quantitative estimate of drug-likeness (QED) is 0.246. The van der Waals surface area contributed by atoms with Crippen LogP contribution in [0.5, 0.6) is 5.75 Å². The minimum absolute atomic E-state index is 0.0395. The summed E-state index contributed by atoms with van der Waals surface area (Å²) in [5.41, 5.74) is -3.67. The van der Waals surface area contributed by atoms with Crippen molar-refractivity contribution in [3.8, 4) is 16.9 Å². The molecule has 4 nitrogen and oxygen atoms in total. The van der Waals surface area contributed by atoms with Crippen molar-refractivity contribution in [2.24, 2.45) is 0 Å². The van der Waals surface area contributed by atoms with E-state index in [-0.39, 0.29) is 10.4 Å². The lowest BCUT2D eigenvalue weighted by molar-refractivity contribution is -0.274. The predicted octanol–water partition coefficient (Wildman–Crippen LogP) is 6.65. The van der Waals surface area contributed by atoms with Crippen molar-refractivity contribution < 1.29 is 45.4 Å². The SMILES string of the molecule is C=C(O)c1sccc1C(=O)Nc1c(F)c(F)c(-c2cccc(OC(F)(F)F)c2)c(F)c1F. The summed E-state index contributed by atoms with van der Waals surface area (Å²) in [6.07, 6.45) is -5.11. The Hall–Kier alpha value is -3.54. The van der Waals surface area contributed by atoms with Crippen LogP contribution in [0.1, 0.15) is 15.2 Å². The Bertz CT molecular complexity index is 1190. The van der Waals surface area contributed by atoms with E-state index in [2.05, 4.69) is 11.3 Å². The molecule has 0 spiro atoms. The molecule has 0 aliphatic rings. The molecular weight excluding hydrogens is 467 g/mol. The summed E-state index contributed by atoms with van der Waals surface area (Å²) in [4.78, 5) is 12.3. The summed E-state index contributed by atoms with van der Waals surface area (Å²) < 4.78 is 99.1. The maximum Gasteiger partial charge on any atom is 0.573 e. The highest BCUT2D eigenvalue weighted by Crippen LogP contribution is 2.37. The van der Waals surface area contributed by atoms with E-state index in [1.807, 2.05) is 0 Å². The third kappa shape index (κ3) is 4.54. The summed E-state index contributed by atoms with van der Waals surface area (Å²) in [6, 6.07) is 4.38. The van der Waals surface area contributed by atoms with Crippen LogP contribution in [0, 0.1) is 23.3 Å². The van der Waals surface area contributed by atoms with Gasteiger partial charge in [0.05, 0.1) is 16.0 Å². The van der Waals surface area contributed by atoms with Gasteiger partial charge in [0.25, 0.3) is 5.91 Å². The van der Waals surface area contributed by atoms with Crippen LogP contribution < -0.4 is 10.1 Å². The number of benzene rings is 2. The zero-order valence-electron chi connectivity index (χ0n) is 15.5. The van der Waals surface area contributed by atoms with Gasteiger partial charge in [-0.05, 0) is 29.1 Å². The van der Waals surface area contributed by atoms with E-state index in [1.54, 1.807) is 5.32 Å². The Kier molecular flexibility index (Phi) is 6.17. The largest absolute Gasteiger partial charge is 0.573 e. The topological polar surface area (TPSA) is 58.6 Å². The number of carbonyl (C=O) groups is 1. The number of anilines is 1. The molecule has 32 heavy (non-hydrogen) atoms. The van der Waals surface area contributed by atoms with Crippen molar-refractivity contribution in [3.63, 3.8) is 0 Å². The molecule has 0 unspecified atom stereocenters. The number of hydrogen-bond donors (Lipinski definition) is 2. The fourth-order valence-electron chi connectivity index (χ4n) is 2.74. The van der Waals surface area contributed by atoms with Gasteiger partial charge in [0, 0.05) is 0 Å². The second-order valence-corrected chi connectivity index (χ2v) is 7.06. The number of hydrogen-bond acceptors (Lipinski definition) is 4. The van der Waals surface area contributed by atoms with Crippen LogP contribution in [-0.4, -0.2) is 17.4 Å². The van der Waals surface area contributed by atoms with Gasteiger partial charge in [0.15, 0.2) is 23.3 Å². The van der Waals surface area contributed by atoms with Gasteiger partial charge in [-0.3, -0.25) is 4.79 Å². The van der Waals surface area contributed by atoms with E-state index in [1.165, 1.54) is 11.4 Å². The summed E-state index contributed by atoms with van der Waals surface area (Å²) >= 11 is 0.878. The molecule has 168 valence electrons. The van der Waals surface area contributed by atoms with Gasteiger partial charge in [0.2, 0.25) is 0 Å². The molecule has 0 saturated heterocycles. The van der Waals surface area contributed by atoms with Crippen LogP contribution in [0.3, 0.4) is 0 Å². The molecule has 12 heteroatoms. The highest BCUT2D eigenvalue weighted by Gasteiger charge is 2.32. The maximum atomic E-state index is 14.6. The van der Waals surface area contributed by atoms with E-state index < -0.39 is 63.9 Å². The lowest BCUT2D eigenvalue weighted by Gasteiger charge is -2.14. The van der Waals surface area contributed by atoms with E-state index in [0.717, 1.165) is 29.5 Å². The van der Waals surface area contributed by atoms with Crippen molar-refractivity contribution in [2.45, 2.75) is 6.36 Å². The number of rotatable bonds is 5. The monoisotopic (exact) mass is 477 g/mol. The first-order chi connectivity index (χ1) is 14.9. The van der Waals surface area contributed by atoms with Gasteiger partial charge in [-0.1, -0.05) is 18.7 Å². The number of aliphatic hydroxyl groups is 1. The molecule has 3 aromatic rings. The molecule has 0 bridgehead atoms. The van der Waals surface area contributed by atoms with Gasteiger partial charge in [0.1, 0.15) is 17.2 Å². The first-order valence-corrected chi connectivity index (χ1v) is 9.28. The first kappa shape index (κ1) is 23.1. The summed E-state index contributed by atoms with van der Waals surface area (Å²) in [5, 5.41) is 12.5. The summed E-state index contributed by atoms with van der Waals surface area (Å²) in [7, 11) is 0. The highest BCUT2D eigenvalue weighted by molar-refractivity contribution is 7.11. The lowest BCUT2D eigenvalue weighted by Crippen LogP contribution is -2.17. The van der Waals surface area contributed by atoms with Crippen LogP contribution in [0.2, 0.25) is 0 Å². The Balaban J connectivity index is 2.04. The Morgan fingerprint density at radius 2 is 1.66 bits per heavy atom. The minimum Gasteiger partial charge on any atom is -0.507 e. The normalized spacial score (nSPS) is 11.3. The average molecular weight is 477 g/mol. The zero-order valence-corrected chi connectivity index (χ0v) is 16.3. The third-order valence-corrected chi connectivity index (χ3v) is 4.99. The van der Waals surface area contributed by atoms with Crippen LogP contribution >= 0.6 is 11.3 Å². The summed E-state index contributed by atoms with van der Waals surface area (Å²) in [6.45, 7) is 3.22. The predicted molar refractivity (Wildman–Crippen MR) is 102 cm³/mol. The number of thiophene rings is 1. The lowest BCUT2D eigenvalue weighted by atomic mass is 10.0. The number of alkyl halides is 3. The highest BCUT2D eigenvalue weighted by atomic mass is 32.1.